The third kappa shape index (κ3) is 3.03. The van der Waals surface area contributed by atoms with Crippen molar-refractivity contribution < 1.29 is 30.7 Å². The van der Waals surface area contributed by atoms with Crippen LogP contribution in [0.1, 0.15) is 35.4 Å². The molecule has 2 atom stereocenters. The van der Waals surface area contributed by atoms with Gasteiger partial charge in [0, 0.05) is 24.1 Å². The zero-order chi connectivity index (χ0) is 21.0. The quantitative estimate of drug-likeness (QED) is 0.637. The maximum atomic E-state index is 14.4. The molecule has 0 N–H and O–H groups in total. The molecular weight excluding hydrogens is 403 g/mol. The van der Waals surface area contributed by atoms with Crippen molar-refractivity contribution in [3.8, 4) is 0 Å². The average Bonchev–Trinajstić information content (AvgIpc) is 3.10. The van der Waals surface area contributed by atoms with Gasteiger partial charge in [0.05, 0.1) is 18.1 Å². The normalized spacial score (nSPS) is 22.4. The molecule has 2 aromatic rings. The van der Waals surface area contributed by atoms with Gasteiger partial charge in [0.25, 0.3) is 0 Å². The van der Waals surface area contributed by atoms with Gasteiger partial charge < -0.3 is 4.90 Å². The molecule has 29 heavy (non-hydrogen) atoms. The third-order valence-electron chi connectivity index (χ3n) is 5.86. The molecule has 1 aromatic heterocycles. The highest BCUT2D eigenvalue weighted by Crippen LogP contribution is 2.54. The molecule has 1 aromatic carbocycles. The fourth-order valence-electron chi connectivity index (χ4n) is 4.52. The largest absolute Gasteiger partial charge is 0.435 e. The van der Waals surface area contributed by atoms with E-state index in [0.717, 1.165) is 11.8 Å². The van der Waals surface area contributed by atoms with Crippen LogP contribution in [0.2, 0.25) is 0 Å². The van der Waals surface area contributed by atoms with E-state index in [-0.39, 0.29) is 18.4 Å². The van der Waals surface area contributed by atoms with Crippen molar-refractivity contribution in [2.45, 2.75) is 49.2 Å². The number of hydrogen-bond acceptors (Lipinski definition) is 3. The van der Waals surface area contributed by atoms with E-state index in [1.165, 1.54) is 12.4 Å². The molecule has 10 heteroatoms. The molecule has 0 bridgehead atoms. The van der Waals surface area contributed by atoms with Gasteiger partial charge in [-0.15, -0.1) is 0 Å². The van der Waals surface area contributed by atoms with Crippen molar-refractivity contribution in [1.29, 1.82) is 0 Å². The van der Waals surface area contributed by atoms with E-state index in [4.69, 9.17) is 0 Å². The van der Waals surface area contributed by atoms with E-state index < -0.39 is 23.6 Å². The first-order valence-corrected chi connectivity index (χ1v) is 9.01. The van der Waals surface area contributed by atoms with E-state index in [1.807, 2.05) is 0 Å². The number of alkyl halides is 7. The Morgan fingerprint density at radius 3 is 2.17 bits per heavy atom. The van der Waals surface area contributed by atoms with Gasteiger partial charge in [0.1, 0.15) is 6.33 Å². The summed E-state index contributed by atoms with van der Waals surface area (Å²) in [6.07, 6.45) is -5.99. The monoisotopic (exact) mass is 419 g/mol. The highest BCUT2D eigenvalue weighted by atomic mass is 19.4. The summed E-state index contributed by atoms with van der Waals surface area (Å²) in [5, 5.41) is 0. The van der Waals surface area contributed by atoms with Gasteiger partial charge in [-0.1, -0.05) is 18.2 Å². The first-order valence-electron chi connectivity index (χ1n) is 9.01. The van der Waals surface area contributed by atoms with Crippen LogP contribution < -0.4 is 4.90 Å². The van der Waals surface area contributed by atoms with Gasteiger partial charge in [-0.3, -0.25) is 0 Å². The molecule has 156 valence electrons. The lowest BCUT2D eigenvalue weighted by Crippen LogP contribution is -2.50. The number of rotatable bonds is 2. The van der Waals surface area contributed by atoms with E-state index in [2.05, 4.69) is 14.9 Å². The van der Waals surface area contributed by atoms with Crippen LogP contribution in [0.5, 0.6) is 0 Å². The summed E-state index contributed by atoms with van der Waals surface area (Å²) in [6, 6.07) is 2.62. The number of halogens is 7. The molecule has 0 radical (unpaired) electrons. The van der Waals surface area contributed by atoms with Crippen LogP contribution in [-0.2, 0) is 12.1 Å². The van der Waals surface area contributed by atoms with E-state index in [9.17, 15) is 30.7 Å². The van der Waals surface area contributed by atoms with Crippen LogP contribution in [0, 0.1) is 0 Å². The van der Waals surface area contributed by atoms with Crippen LogP contribution in [0.25, 0.3) is 0 Å². The third-order valence-corrected chi connectivity index (χ3v) is 5.86. The van der Waals surface area contributed by atoms with Gasteiger partial charge in [-0.2, -0.15) is 26.3 Å². The number of hydrogen-bond donors (Lipinski definition) is 0. The zero-order valence-electron chi connectivity index (χ0n) is 14.9. The van der Waals surface area contributed by atoms with Crippen molar-refractivity contribution in [2.75, 3.05) is 11.4 Å². The maximum Gasteiger partial charge on any atom is 0.435 e. The molecule has 4 rings (SSSR count). The van der Waals surface area contributed by atoms with Crippen LogP contribution in [0.15, 0.2) is 36.9 Å². The van der Waals surface area contributed by atoms with Gasteiger partial charge in [-0.25, -0.2) is 14.4 Å². The molecule has 1 aliphatic heterocycles. The van der Waals surface area contributed by atoms with Gasteiger partial charge >= 0.3 is 18.0 Å². The highest BCUT2D eigenvalue weighted by molar-refractivity contribution is 5.50. The second kappa shape index (κ2) is 6.56. The minimum atomic E-state index is -6.10. The Hall–Kier alpha value is -2.39. The van der Waals surface area contributed by atoms with E-state index in [1.54, 1.807) is 12.4 Å². The van der Waals surface area contributed by atoms with Gasteiger partial charge in [0.15, 0.2) is 0 Å². The summed E-state index contributed by atoms with van der Waals surface area (Å²) in [6.45, 7) is 0.669. The van der Waals surface area contributed by atoms with Crippen LogP contribution in [0.4, 0.5) is 36.4 Å². The van der Waals surface area contributed by atoms with E-state index >= 15 is 0 Å². The Labute approximate surface area is 161 Å². The molecule has 1 saturated heterocycles. The smallest absolute Gasteiger partial charge is 0.365 e. The van der Waals surface area contributed by atoms with Crippen molar-refractivity contribution in [1.82, 2.24) is 9.97 Å². The minimum absolute atomic E-state index is 0.0414. The Balaban J connectivity index is 1.69. The number of fused-ring (bicyclic) bond motifs is 3. The molecule has 0 spiro atoms. The second-order valence-electron chi connectivity index (χ2n) is 7.36. The second-order valence-corrected chi connectivity index (χ2v) is 7.36. The lowest BCUT2D eigenvalue weighted by atomic mass is 9.77. The summed E-state index contributed by atoms with van der Waals surface area (Å²) in [5.41, 5.74) is -4.98. The molecule has 1 fully saturated rings. The Kier molecular flexibility index (Phi) is 4.51. The topological polar surface area (TPSA) is 29.0 Å². The molecular formula is C19H16F7N3. The first kappa shape index (κ1) is 19.9. The molecule has 1 aliphatic carbocycles. The molecule has 0 saturated carbocycles. The fourth-order valence-corrected chi connectivity index (χ4v) is 4.52. The number of aryl methyl sites for hydroxylation is 1. The Morgan fingerprint density at radius 1 is 0.897 bits per heavy atom. The Morgan fingerprint density at radius 2 is 1.55 bits per heavy atom. The lowest BCUT2D eigenvalue weighted by molar-refractivity contribution is -0.348. The summed E-state index contributed by atoms with van der Waals surface area (Å²) >= 11 is 0. The average molecular weight is 419 g/mol. The standard InChI is InChI=1S/C19H16F7N3/c20-17(18(21,22)23,19(24,25)26)12-2-3-14-11(7-12)1-4-16-15(14)5-6-29(16)13-8-27-10-28-9-13/h2-3,7-10,15-16H,1,4-6H2. The van der Waals surface area contributed by atoms with E-state index in [0.29, 0.717) is 36.6 Å². The number of aromatic nitrogens is 2. The summed E-state index contributed by atoms with van der Waals surface area (Å²) in [7, 11) is 0. The summed E-state index contributed by atoms with van der Waals surface area (Å²) in [4.78, 5) is 10.1. The minimum Gasteiger partial charge on any atom is -0.365 e. The number of nitrogens with zero attached hydrogens (tertiary/aromatic N) is 3. The summed E-state index contributed by atoms with van der Waals surface area (Å²) in [5.74, 6) is -0.0567. The van der Waals surface area contributed by atoms with Crippen LogP contribution in [-0.4, -0.2) is 34.9 Å². The van der Waals surface area contributed by atoms with Crippen molar-refractivity contribution in [3.63, 3.8) is 0 Å². The molecule has 2 heterocycles. The van der Waals surface area contributed by atoms with Crippen molar-refractivity contribution >= 4 is 5.69 Å². The van der Waals surface area contributed by atoms with Gasteiger partial charge in [0.2, 0.25) is 0 Å². The molecule has 2 unspecified atom stereocenters. The van der Waals surface area contributed by atoms with Crippen molar-refractivity contribution in [3.05, 3.63) is 53.6 Å². The van der Waals surface area contributed by atoms with Crippen LogP contribution in [0.3, 0.4) is 0 Å². The number of benzene rings is 1. The Bertz CT molecular complexity index is 881. The van der Waals surface area contributed by atoms with Crippen LogP contribution >= 0.6 is 0 Å². The molecule has 3 nitrogen and oxygen atoms in total. The summed E-state index contributed by atoms with van der Waals surface area (Å²) < 4.78 is 92.7. The molecule has 0 amide bonds. The maximum absolute atomic E-state index is 14.4. The highest BCUT2D eigenvalue weighted by Gasteiger charge is 2.73. The molecule has 2 aliphatic rings. The fraction of sp³-hybridized carbons (Fsp3) is 0.474. The lowest BCUT2D eigenvalue weighted by Gasteiger charge is -2.36. The zero-order valence-corrected chi connectivity index (χ0v) is 14.9. The first-order chi connectivity index (χ1) is 13.5. The van der Waals surface area contributed by atoms with Gasteiger partial charge in [-0.05, 0) is 30.4 Å². The predicted octanol–water partition coefficient (Wildman–Crippen LogP) is 5.07. The number of anilines is 1. The van der Waals surface area contributed by atoms with Crippen molar-refractivity contribution in [2.24, 2.45) is 0 Å². The SMILES string of the molecule is FC(F)(F)C(F)(c1ccc2c(c1)CCC1C2CCN1c1cncnc1)C(F)(F)F. The predicted molar refractivity (Wildman–Crippen MR) is 90.2 cm³/mol.